The minimum absolute atomic E-state index is 0.0621. The van der Waals surface area contributed by atoms with Gasteiger partial charge in [0, 0.05) is 13.1 Å². The summed E-state index contributed by atoms with van der Waals surface area (Å²) < 4.78 is 0. The quantitative estimate of drug-likeness (QED) is 0.898. The number of likely N-dealkylation sites (tertiary alicyclic amines) is 1. The highest BCUT2D eigenvalue weighted by Crippen LogP contribution is 2.30. The van der Waals surface area contributed by atoms with Gasteiger partial charge >= 0.3 is 0 Å². The molecule has 1 aromatic carbocycles. The third-order valence-electron chi connectivity index (χ3n) is 4.06. The highest BCUT2D eigenvalue weighted by molar-refractivity contribution is 6.39. The maximum atomic E-state index is 12.1. The molecule has 6 heteroatoms. The summed E-state index contributed by atoms with van der Waals surface area (Å²) in [5.41, 5.74) is 0.502. The second-order valence-corrected chi connectivity index (χ2v) is 6.33. The number of fused-ring (bicyclic) bond motifs is 1. The van der Waals surface area contributed by atoms with Crippen LogP contribution in [0.1, 0.15) is 0 Å². The van der Waals surface area contributed by atoms with Crippen molar-refractivity contribution in [3.8, 4) is 0 Å². The lowest BCUT2D eigenvalue weighted by atomic mass is 10.0. The smallest absolute Gasteiger partial charge is 0.238 e. The molecule has 20 heavy (non-hydrogen) atoms. The van der Waals surface area contributed by atoms with Gasteiger partial charge in [0.2, 0.25) is 5.91 Å². The van der Waals surface area contributed by atoms with Gasteiger partial charge in [-0.15, -0.1) is 0 Å². The van der Waals surface area contributed by atoms with E-state index in [4.69, 9.17) is 23.2 Å². The number of rotatable bonds is 3. The Hall–Kier alpha value is -0.810. The number of hydrogen-bond acceptors (Lipinski definition) is 3. The molecule has 0 aromatic heterocycles. The van der Waals surface area contributed by atoms with Gasteiger partial charge in [-0.25, -0.2) is 0 Å². The third-order valence-corrected chi connectivity index (χ3v) is 4.69. The van der Waals surface area contributed by atoms with Crippen molar-refractivity contribution < 1.29 is 4.79 Å². The van der Waals surface area contributed by atoms with E-state index in [1.54, 1.807) is 18.2 Å². The first-order valence-corrected chi connectivity index (χ1v) is 7.56. The Morgan fingerprint density at radius 1 is 1.25 bits per heavy atom. The number of carbonyl (C=O) groups excluding carboxylic acids is 1. The van der Waals surface area contributed by atoms with Crippen LogP contribution < -0.4 is 10.6 Å². The predicted molar refractivity (Wildman–Crippen MR) is 81.4 cm³/mol. The number of para-hydroxylation sites is 1. The zero-order valence-electron chi connectivity index (χ0n) is 11.0. The molecule has 2 heterocycles. The Labute approximate surface area is 128 Å². The summed E-state index contributed by atoms with van der Waals surface area (Å²) in [6.07, 6.45) is 0. The highest BCUT2D eigenvalue weighted by Gasteiger charge is 2.36. The number of amides is 1. The maximum Gasteiger partial charge on any atom is 0.238 e. The van der Waals surface area contributed by atoms with Crippen molar-refractivity contribution in [2.45, 2.75) is 0 Å². The molecule has 0 aliphatic carbocycles. The van der Waals surface area contributed by atoms with Crippen molar-refractivity contribution in [3.05, 3.63) is 28.2 Å². The molecular weight excluding hydrogens is 297 g/mol. The summed E-state index contributed by atoms with van der Waals surface area (Å²) in [4.78, 5) is 14.3. The number of benzene rings is 1. The van der Waals surface area contributed by atoms with E-state index in [0.29, 0.717) is 34.1 Å². The summed E-state index contributed by atoms with van der Waals surface area (Å²) in [5.74, 6) is 1.31. The van der Waals surface area contributed by atoms with E-state index >= 15 is 0 Å². The average molecular weight is 314 g/mol. The Morgan fingerprint density at radius 2 is 1.85 bits per heavy atom. The summed E-state index contributed by atoms with van der Waals surface area (Å²) in [7, 11) is 0. The van der Waals surface area contributed by atoms with Crippen LogP contribution in [0.15, 0.2) is 18.2 Å². The minimum Gasteiger partial charge on any atom is -0.322 e. The normalized spacial score (nSPS) is 25.7. The van der Waals surface area contributed by atoms with Crippen LogP contribution in [0, 0.1) is 11.8 Å². The van der Waals surface area contributed by atoms with Gasteiger partial charge in [0.05, 0.1) is 22.3 Å². The Balaban J connectivity index is 1.58. The summed E-state index contributed by atoms with van der Waals surface area (Å²) >= 11 is 12.1. The SMILES string of the molecule is O=C(CN1CC2CNCC2C1)Nc1c(Cl)cccc1Cl. The molecule has 0 spiro atoms. The molecule has 2 N–H and O–H groups in total. The van der Waals surface area contributed by atoms with Crippen molar-refractivity contribution >= 4 is 34.8 Å². The number of halogens is 2. The standard InChI is InChI=1S/C14H17Cl2N3O/c15-11-2-1-3-12(16)14(11)18-13(20)8-19-6-9-4-17-5-10(9)7-19/h1-3,9-10,17H,4-8H2,(H,18,20). The van der Waals surface area contributed by atoms with Gasteiger partial charge in [0.25, 0.3) is 0 Å². The first kappa shape index (κ1) is 14.1. The number of hydrogen-bond donors (Lipinski definition) is 2. The van der Waals surface area contributed by atoms with Crippen LogP contribution in [-0.2, 0) is 4.79 Å². The fourth-order valence-corrected chi connectivity index (χ4v) is 3.57. The largest absolute Gasteiger partial charge is 0.322 e. The summed E-state index contributed by atoms with van der Waals surface area (Å²) in [5, 5.41) is 7.13. The van der Waals surface area contributed by atoms with Crippen LogP contribution in [0.3, 0.4) is 0 Å². The van der Waals surface area contributed by atoms with Gasteiger partial charge < -0.3 is 10.6 Å². The molecule has 0 radical (unpaired) electrons. The van der Waals surface area contributed by atoms with Crippen LogP contribution in [0.5, 0.6) is 0 Å². The van der Waals surface area contributed by atoms with Crippen molar-refractivity contribution in [1.29, 1.82) is 0 Å². The van der Waals surface area contributed by atoms with Crippen molar-refractivity contribution in [3.63, 3.8) is 0 Å². The third kappa shape index (κ3) is 2.93. The molecule has 4 nitrogen and oxygen atoms in total. The number of nitrogens with zero attached hydrogens (tertiary/aromatic N) is 1. The molecule has 2 unspecified atom stereocenters. The predicted octanol–water partition coefficient (Wildman–Crippen LogP) is 2.08. The Morgan fingerprint density at radius 3 is 2.45 bits per heavy atom. The second kappa shape index (κ2) is 5.90. The van der Waals surface area contributed by atoms with Gasteiger partial charge in [-0.3, -0.25) is 9.69 Å². The molecule has 0 saturated carbocycles. The van der Waals surface area contributed by atoms with E-state index < -0.39 is 0 Å². The topological polar surface area (TPSA) is 44.4 Å². The van der Waals surface area contributed by atoms with E-state index in [1.807, 2.05) is 0 Å². The minimum atomic E-state index is -0.0621. The van der Waals surface area contributed by atoms with Gasteiger partial charge in [-0.1, -0.05) is 29.3 Å². The van der Waals surface area contributed by atoms with Gasteiger partial charge in [0.1, 0.15) is 0 Å². The highest BCUT2D eigenvalue weighted by atomic mass is 35.5. The molecule has 108 valence electrons. The molecule has 1 aromatic rings. The van der Waals surface area contributed by atoms with Crippen LogP contribution in [0.25, 0.3) is 0 Å². The van der Waals surface area contributed by atoms with Crippen molar-refractivity contribution in [1.82, 2.24) is 10.2 Å². The molecular formula is C14H17Cl2N3O. The van der Waals surface area contributed by atoms with Crippen LogP contribution in [0.2, 0.25) is 10.0 Å². The van der Waals surface area contributed by atoms with E-state index in [-0.39, 0.29) is 5.91 Å². The summed E-state index contributed by atoms with van der Waals surface area (Å²) in [6, 6.07) is 5.19. The number of anilines is 1. The maximum absolute atomic E-state index is 12.1. The first-order valence-electron chi connectivity index (χ1n) is 6.80. The van der Waals surface area contributed by atoms with Gasteiger partial charge in [-0.2, -0.15) is 0 Å². The lowest BCUT2D eigenvalue weighted by Crippen LogP contribution is -2.33. The van der Waals surface area contributed by atoms with E-state index in [9.17, 15) is 4.79 Å². The summed E-state index contributed by atoms with van der Waals surface area (Å²) in [6.45, 7) is 4.51. The van der Waals surface area contributed by atoms with Gasteiger partial charge in [-0.05, 0) is 37.1 Å². The molecule has 2 aliphatic rings. The molecule has 2 aliphatic heterocycles. The van der Waals surface area contributed by atoms with Crippen LogP contribution in [-0.4, -0.2) is 43.5 Å². The number of carbonyl (C=O) groups is 1. The zero-order valence-corrected chi connectivity index (χ0v) is 12.5. The molecule has 2 saturated heterocycles. The fourth-order valence-electron chi connectivity index (χ4n) is 3.08. The first-order chi connectivity index (χ1) is 9.63. The lowest BCUT2D eigenvalue weighted by molar-refractivity contribution is -0.117. The molecule has 0 bridgehead atoms. The van der Waals surface area contributed by atoms with E-state index in [1.165, 1.54) is 0 Å². The van der Waals surface area contributed by atoms with E-state index in [2.05, 4.69) is 15.5 Å². The Kier molecular flexibility index (Phi) is 4.17. The zero-order chi connectivity index (χ0) is 14.1. The monoisotopic (exact) mass is 313 g/mol. The van der Waals surface area contributed by atoms with Crippen LogP contribution in [0.4, 0.5) is 5.69 Å². The fraction of sp³-hybridized carbons (Fsp3) is 0.500. The van der Waals surface area contributed by atoms with Crippen molar-refractivity contribution in [2.24, 2.45) is 11.8 Å². The second-order valence-electron chi connectivity index (χ2n) is 5.52. The molecule has 2 fully saturated rings. The molecule has 1 amide bonds. The molecule has 3 rings (SSSR count). The average Bonchev–Trinajstić information content (AvgIpc) is 2.94. The van der Waals surface area contributed by atoms with E-state index in [0.717, 1.165) is 26.2 Å². The Bertz CT molecular complexity index is 491. The number of nitrogens with one attached hydrogen (secondary N) is 2. The van der Waals surface area contributed by atoms with Gasteiger partial charge in [0.15, 0.2) is 0 Å². The van der Waals surface area contributed by atoms with Crippen molar-refractivity contribution in [2.75, 3.05) is 38.0 Å². The molecule has 2 atom stereocenters. The lowest BCUT2D eigenvalue weighted by Gasteiger charge is -2.17. The van der Waals surface area contributed by atoms with Crippen LogP contribution >= 0.6 is 23.2 Å².